The molecule has 1 saturated carbocycles. The summed E-state index contributed by atoms with van der Waals surface area (Å²) in [7, 11) is 0. The van der Waals surface area contributed by atoms with Gasteiger partial charge in [0.15, 0.2) is 0 Å². The second-order valence-electron chi connectivity index (χ2n) is 4.39. The smallest absolute Gasteiger partial charge is 0.285 e. The highest BCUT2D eigenvalue weighted by atomic mass is 16.5. The quantitative estimate of drug-likeness (QED) is 0.444. The second-order valence-corrected chi connectivity index (χ2v) is 4.39. The summed E-state index contributed by atoms with van der Waals surface area (Å²) in [5, 5.41) is 20.2. The number of nitrogens with zero attached hydrogens (tertiary/aromatic N) is 2. The van der Waals surface area contributed by atoms with Crippen LogP contribution in [0, 0.1) is 0 Å². The molecule has 0 aromatic rings. The summed E-state index contributed by atoms with van der Waals surface area (Å²) in [4.78, 5) is 22.6. The highest BCUT2D eigenvalue weighted by Gasteiger charge is 2.54. The summed E-state index contributed by atoms with van der Waals surface area (Å²) >= 11 is 0. The fourth-order valence-electron chi connectivity index (χ4n) is 2.49. The summed E-state index contributed by atoms with van der Waals surface area (Å²) in [6, 6.07) is -0.499. The van der Waals surface area contributed by atoms with Crippen LogP contribution >= 0.6 is 0 Å². The Balaban J connectivity index is 2.37. The standard InChI is InChI=1S/C9H14N2O4/c1-9-5-3-2-4-6(9)10(14)7(12)8(13)11(9)15/h6,14-15H,2-5H2,1H3/t6-,9-/m1/s1. The van der Waals surface area contributed by atoms with Crippen LogP contribution in [-0.2, 0) is 9.59 Å². The molecular formula is C9H14N2O4. The molecule has 0 unspecified atom stereocenters. The van der Waals surface area contributed by atoms with E-state index in [0.717, 1.165) is 12.8 Å². The topological polar surface area (TPSA) is 81.1 Å². The zero-order valence-electron chi connectivity index (χ0n) is 8.51. The molecule has 6 heteroatoms. The number of carbonyl (C=O) groups is 2. The third-order valence-corrected chi connectivity index (χ3v) is 3.49. The lowest BCUT2D eigenvalue weighted by Crippen LogP contribution is -2.70. The first-order valence-corrected chi connectivity index (χ1v) is 5.04. The van der Waals surface area contributed by atoms with Gasteiger partial charge in [0.25, 0.3) is 0 Å². The van der Waals surface area contributed by atoms with Crippen molar-refractivity contribution in [3.63, 3.8) is 0 Å². The number of piperazine rings is 1. The number of rotatable bonds is 0. The van der Waals surface area contributed by atoms with Crippen LogP contribution in [0.15, 0.2) is 0 Å². The van der Waals surface area contributed by atoms with E-state index >= 15 is 0 Å². The van der Waals surface area contributed by atoms with E-state index in [4.69, 9.17) is 0 Å². The van der Waals surface area contributed by atoms with Gasteiger partial charge in [-0.2, -0.15) is 0 Å². The van der Waals surface area contributed by atoms with E-state index in [0.29, 0.717) is 23.0 Å². The van der Waals surface area contributed by atoms with Crippen LogP contribution in [0.3, 0.4) is 0 Å². The van der Waals surface area contributed by atoms with Crippen molar-refractivity contribution in [1.29, 1.82) is 0 Å². The SMILES string of the molecule is C[C@@]12CCCC[C@H]1N(O)C(=O)C(=O)N2O. The average Bonchev–Trinajstić information content (AvgIpc) is 2.24. The maximum Gasteiger partial charge on any atom is 0.338 e. The van der Waals surface area contributed by atoms with E-state index in [1.807, 2.05) is 0 Å². The average molecular weight is 214 g/mol. The van der Waals surface area contributed by atoms with Gasteiger partial charge in [0.2, 0.25) is 0 Å². The minimum Gasteiger partial charge on any atom is -0.285 e. The van der Waals surface area contributed by atoms with Crippen LogP contribution in [0.1, 0.15) is 32.6 Å². The molecule has 0 bridgehead atoms. The largest absolute Gasteiger partial charge is 0.338 e. The summed E-state index contributed by atoms with van der Waals surface area (Å²) in [5.41, 5.74) is -0.849. The molecule has 1 heterocycles. The molecule has 84 valence electrons. The number of hydrogen-bond donors (Lipinski definition) is 2. The Morgan fingerprint density at radius 3 is 2.60 bits per heavy atom. The van der Waals surface area contributed by atoms with E-state index in [1.165, 1.54) is 0 Å². The summed E-state index contributed by atoms with van der Waals surface area (Å²) < 4.78 is 0. The van der Waals surface area contributed by atoms with Gasteiger partial charge >= 0.3 is 11.8 Å². The lowest BCUT2D eigenvalue weighted by atomic mass is 9.77. The van der Waals surface area contributed by atoms with Crippen LogP contribution in [0.25, 0.3) is 0 Å². The lowest BCUT2D eigenvalue weighted by Gasteiger charge is -2.50. The van der Waals surface area contributed by atoms with Crippen LogP contribution in [0.4, 0.5) is 0 Å². The Morgan fingerprint density at radius 2 is 1.93 bits per heavy atom. The molecule has 0 aromatic heterocycles. The molecule has 1 saturated heterocycles. The van der Waals surface area contributed by atoms with Crippen molar-refractivity contribution >= 4 is 11.8 Å². The molecule has 1 aliphatic heterocycles. The Kier molecular flexibility index (Phi) is 2.20. The van der Waals surface area contributed by atoms with Crippen molar-refractivity contribution < 1.29 is 20.0 Å². The van der Waals surface area contributed by atoms with Crippen molar-refractivity contribution in [3.05, 3.63) is 0 Å². The first-order chi connectivity index (χ1) is 6.98. The molecule has 2 aliphatic rings. The fourth-order valence-corrected chi connectivity index (χ4v) is 2.49. The number of fused-ring (bicyclic) bond motifs is 1. The molecule has 2 atom stereocenters. The molecule has 0 radical (unpaired) electrons. The molecule has 6 nitrogen and oxygen atoms in total. The zero-order chi connectivity index (χ0) is 11.2. The molecule has 0 aromatic carbocycles. The molecular weight excluding hydrogens is 200 g/mol. The third kappa shape index (κ3) is 1.25. The van der Waals surface area contributed by atoms with Gasteiger partial charge in [0.1, 0.15) is 0 Å². The van der Waals surface area contributed by atoms with Gasteiger partial charge in [-0.25, -0.2) is 10.1 Å². The van der Waals surface area contributed by atoms with Gasteiger partial charge in [-0.15, -0.1) is 0 Å². The monoisotopic (exact) mass is 214 g/mol. The number of amides is 2. The van der Waals surface area contributed by atoms with Crippen LogP contribution in [-0.4, -0.2) is 43.9 Å². The molecule has 2 rings (SSSR count). The Morgan fingerprint density at radius 1 is 1.27 bits per heavy atom. The van der Waals surface area contributed by atoms with Gasteiger partial charge in [-0.1, -0.05) is 12.8 Å². The minimum atomic E-state index is -1.06. The molecule has 0 spiro atoms. The van der Waals surface area contributed by atoms with Crippen molar-refractivity contribution in [2.24, 2.45) is 0 Å². The van der Waals surface area contributed by atoms with E-state index in [9.17, 15) is 20.0 Å². The Hall–Kier alpha value is -1.14. The second kappa shape index (κ2) is 3.18. The normalized spacial score (nSPS) is 36.9. The van der Waals surface area contributed by atoms with Crippen LogP contribution in [0.5, 0.6) is 0 Å². The lowest BCUT2D eigenvalue weighted by molar-refractivity contribution is -0.258. The van der Waals surface area contributed by atoms with Crippen molar-refractivity contribution in [1.82, 2.24) is 10.1 Å². The summed E-state index contributed by atoms with van der Waals surface area (Å²) in [5.74, 6) is -2.11. The molecule has 2 fully saturated rings. The van der Waals surface area contributed by atoms with E-state index in [1.54, 1.807) is 6.92 Å². The van der Waals surface area contributed by atoms with Crippen molar-refractivity contribution in [3.8, 4) is 0 Å². The van der Waals surface area contributed by atoms with Gasteiger partial charge in [0.05, 0.1) is 11.6 Å². The summed E-state index contributed by atoms with van der Waals surface area (Å²) in [6.07, 6.45) is 2.94. The maximum atomic E-state index is 11.3. The molecule has 2 amide bonds. The first kappa shape index (κ1) is 10.4. The predicted molar refractivity (Wildman–Crippen MR) is 47.9 cm³/mol. The zero-order valence-corrected chi connectivity index (χ0v) is 8.51. The number of hydrogen-bond acceptors (Lipinski definition) is 4. The van der Waals surface area contributed by atoms with Gasteiger partial charge in [0, 0.05) is 0 Å². The highest BCUT2D eigenvalue weighted by Crippen LogP contribution is 2.38. The Bertz CT molecular complexity index is 319. The van der Waals surface area contributed by atoms with E-state index in [-0.39, 0.29) is 0 Å². The fraction of sp³-hybridized carbons (Fsp3) is 0.778. The van der Waals surface area contributed by atoms with Crippen LogP contribution < -0.4 is 0 Å². The molecule has 15 heavy (non-hydrogen) atoms. The predicted octanol–water partition coefficient (Wildman–Crippen LogP) is 0.137. The molecule has 1 aliphatic carbocycles. The summed E-state index contributed by atoms with van der Waals surface area (Å²) in [6.45, 7) is 1.68. The highest BCUT2D eigenvalue weighted by molar-refractivity contribution is 6.35. The number of hydroxylamine groups is 4. The Labute approximate surface area is 87.0 Å². The van der Waals surface area contributed by atoms with Gasteiger partial charge < -0.3 is 0 Å². The maximum absolute atomic E-state index is 11.3. The molecule has 2 N–H and O–H groups in total. The number of carbonyl (C=O) groups excluding carboxylic acids is 2. The van der Waals surface area contributed by atoms with Crippen molar-refractivity contribution in [2.75, 3.05) is 0 Å². The van der Waals surface area contributed by atoms with Gasteiger partial charge in [-0.05, 0) is 19.8 Å². The minimum absolute atomic E-state index is 0.480. The van der Waals surface area contributed by atoms with Gasteiger partial charge in [-0.3, -0.25) is 20.0 Å². The third-order valence-electron chi connectivity index (χ3n) is 3.49. The van der Waals surface area contributed by atoms with E-state index in [2.05, 4.69) is 0 Å². The van der Waals surface area contributed by atoms with Crippen LogP contribution in [0.2, 0.25) is 0 Å². The van der Waals surface area contributed by atoms with Crippen molar-refractivity contribution in [2.45, 2.75) is 44.2 Å². The first-order valence-electron chi connectivity index (χ1n) is 5.04. The van der Waals surface area contributed by atoms with E-state index < -0.39 is 23.4 Å².